The van der Waals surface area contributed by atoms with Crippen LogP contribution in [0.1, 0.15) is 29.5 Å². The van der Waals surface area contributed by atoms with E-state index in [1.54, 1.807) is 0 Å². The molecular formula is C37H27N. The highest BCUT2D eigenvalue weighted by Crippen LogP contribution is 2.37. The van der Waals surface area contributed by atoms with Gasteiger partial charge in [-0.2, -0.15) is 5.26 Å². The van der Waals surface area contributed by atoms with Crippen LogP contribution in [0.4, 0.5) is 0 Å². The van der Waals surface area contributed by atoms with Gasteiger partial charge < -0.3 is 0 Å². The first-order valence-electron chi connectivity index (χ1n) is 13.0. The van der Waals surface area contributed by atoms with E-state index in [4.69, 9.17) is 0 Å². The van der Waals surface area contributed by atoms with Crippen molar-refractivity contribution >= 4 is 10.8 Å². The number of nitrogens with zero attached hydrogens (tertiary/aromatic N) is 1. The Kier molecular flexibility index (Phi) is 6.30. The molecule has 0 saturated carbocycles. The first-order valence-corrected chi connectivity index (χ1v) is 13.0. The minimum absolute atomic E-state index is 0.356. The molecule has 1 atom stereocenters. The van der Waals surface area contributed by atoms with E-state index < -0.39 is 0 Å². The highest BCUT2D eigenvalue weighted by atomic mass is 14.2. The van der Waals surface area contributed by atoms with Crippen LogP contribution in [0.2, 0.25) is 0 Å². The Morgan fingerprint density at radius 1 is 0.474 bits per heavy atom. The highest BCUT2D eigenvalue weighted by Gasteiger charge is 2.12. The first-order chi connectivity index (χ1) is 18.7. The Bertz CT molecular complexity index is 1760. The summed E-state index contributed by atoms with van der Waals surface area (Å²) in [4.78, 5) is 0. The third-order valence-corrected chi connectivity index (χ3v) is 7.47. The van der Waals surface area contributed by atoms with E-state index in [9.17, 15) is 5.26 Å². The summed E-state index contributed by atoms with van der Waals surface area (Å²) in [6.45, 7) is 2.26. The van der Waals surface area contributed by atoms with E-state index >= 15 is 0 Å². The average molecular weight is 486 g/mol. The molecule has 6 rings (SSSR count). The molecule has 0 aliphatic heterocycles. The summed E-state index contributed by atoms with van der Waals surface area (Å²) < 4.78 is 0. The summed E-state index contributed by atoms with van der Waals surface area (Å²) in [5, 5.41) is 11.7. The van der Waals surface area contributed by atoms with Gasteiger partial charge in [0.25, 0.3) is 0 Å². The Hall–Kier alpha value is -4.93. The second-order valence-corrected chi connectivity index (χ2v) is 9.73. The van der Waals surface area contributed by atoms with Crippen LogP contribution in [-0.2, 0) is 0 Å². The molecule has 38 heavy (non-hydrogen) atoms. The van der Waals surface area contributed by atoms with E-state index in [0.29, 0.717) is 11.5 Å². The largest absolute Gasteiger partial charge is 0.192 e. The lowest BCUT2D eigenvalue weighted by atomic mass is 9.89. The fourth-order valence-corrected chi connectivity index (χ4v) is 5.30. The molecule has 1 unspecified atom stereocenters. The van der Waals surface area contributed by atoms with Crippen molar-refractivity contribution in [3.8, 4) is 39.4 Å². The highest BCUT2D eigenvalue weighted by molar-refractivity contribution is 6.05. The van der Waals surface area contributed by atoms with Gasteiger partial charge in [0.1, 0.15) is 0 Å². The monoisotopic (exact) mass is 485 g/mol. The van der Waals surface area contributed by atoms with Gasteiger partial charge in [-0.3, -0.25) is 0 Å². The normalized spacial score (nSPS) is 11.7. The van der Waals surface area contributed by atoms with Crippen LogP contribution in [0.25, 0.3) is 44.2 Å². The Morgan fingerprint density at radius 2 is 1.00 bits per heavy atom. The maximum Gasteiger partial charge on any atom is 0.0991 e. The second kappa shape index (κ2) is 10.2. The van der Waals surface area contributed by atoms with Gasteiger partial charge >= 0.3 is 0 Å². The molecule has 1 nitrogen and oxygen atoms in total. The van der Waals surface area contributed by atoms with E-state index in [1.807, 2.05) is 24.3 Å². The third-order valence-electron chi connectivity index (χ3n) is 7.47. The molecule has 0 aromatic heterocycles. The second-order valence-electron chi connectivity index (χ2n) is 9.73. The zero-order chi connectivity index (χ0) is 25.9. The third kappa shape index (κ3) is 4.49. The van der Waals surface area contributed by atoms with Crippen molar-refractivity contribution in [2.75, 3.05) is 0 Å². The molecule has 6 aromatic carbocycles. The minimum atomic E-state index is 0.356. The summed E-state index contributed by atoms with van der Waals surface area (Å²) >= 11 is 0. The number of hydrogen-bond acceptors (Lipinski definition) is 1. The van der Waals surface area contributed by atoms with Gasteiger partial charge in [-0.25, -0.2) is 0 Å². The van der Waals surface area contributed by atoms with Crippen LogP contribution in [-0.4, -0.2) is 0 Å². The van der Waals surface area contributed by atoms with Gasteiger partial charge in [-0.1, -0.05) is 134 Å². The minimum Gasteiger partial charge on any atom is -0.192 e. The Morgan fingerprint density at radius 3 is 1.61 bits per heavy atom. The number of fused-ring (bicyclic) bond motifs is 1. The molecular weight excluding hydrogens is 458 g/mol. The van der Waals surface area contributed by atoms with Crippen LogP contribution in [0.5, 0.6) is 0 Å². The van der Waals surface area contributed by atoms with Crippen molar-refractivity contribution in [3.63, 3.8) is 0 Å². The average Bonchev–Trinajstić information content (AvgIpc) is 3.01. The lowest BCUT2D eigenvalue weighted by Crippen LogP contribution is -1.95. The first kappa shape index (κ1) is 23.5. The van der Waals surface area contributed by atoms with Gasteiger partial charge in [0.15, 0.2) is 0 Å². The van der Waals surface area contributed by atoms with E-state index in [0.717, 1.165) is 11.1 Å². The molecule has 0 radical (unpaired) electrons. The van der Waals surface area contributed by atoms with Gasteiger partial charge in [0.05, 0.1) is 11.6 Å². The molecule has 0 bridgehead atoms. The van der Waals surface area contributed by atoms with Crippen molar-refractivity contribution in [2.24, 2.45) is 0 Å². The fraction of sp³-hybridized carbons (Fsp3) is 0.0541. The van der Waals surface area contributed by atoms with Crippen LogP contribution < -0.4 is 0 Å². The zero-order valence-corrected chi connectivity index (χ0v) is 21.3. The quantitative estimate of drug-likeness (QED) is 0.238. The lowest BCUT2D eigenvalue weighted by molar-refractivity contribution is 0.923. The lowest BCUT2D eigenvalue weighted by Gasteiger charge is -2.15. The summed E-state index contributed by atoms with van der Waals surface area (Å²) in [6, 6.07) is 51.5. The number of hydrogen-bond donors (Lipinski definition) is 0. The van der Waals surface area contributed by atoms with Crippen LogP contribution in [0.3, 0.4) is 0 Å². The Balaban J connectivity index is 1.34. The van der Waals surface area contributed by atoms with Crippen molar-refractivity contribution in [1.82, 2.24) is 0 Å². The standard InChI is InChI=1S/C37H27N/c1-26(28-9-3-2-4-10-28)29-14-18-31(19-15-29)34-22-23-35(37-13-6-5-12-36(34)37)32-20-16-30(17-21-32)33-11-7-8-27(24-33)25-38/h2-24,26H,1H3. The smallest absolute Gasteiger partial charge is 0.0991 e. The molecule has 0 fully saturated rings. The van der Waals surface area contributed by atoms with E-state index in [-0.39, 0.29) is 0 Å². The maximum absolute atomic E-state index is 9.24. The van der Waals surface area contributed by atoms with Crippen LogP contribution in [0, 0.1) is 11.3 Å². The summed E-state index contributed by atoms with van der Waals surface area (Å²) in [5.41, 5.74) is 10.4. The molecule has 6 aromatic rings. The predicted molar refractivity (Wildman–Crippen MR) is 159 cm³/mol. The van der Waals surface area contributed by atoms with Crippen molar-refractivity contribution in [3.05, 3.63) is 156 Å². The van der Waals surface area contributed by atoms with E-state index in [1.165, 1.54) is 44.2 Å². The molecule has 0 amide bonds. The maximum atomic E-state index is 9.24. The van der Waals surface area contributed by atoms with Gasteiger partial charge in [0, 0.05) is 5.92 Å². The molecule has 0 saturated heterocycles. The van der Waals surface area contributed by atoms with Crippen LogP contribution in [0.15, 0.2) is 140 Å². The molecule has 0 heterocycles. The summed E-state index contributed by atoms with van der Waals surface area (Å²) in [6.07, 6.45) is 0. The van der Waals surface area contributed by atoms with Crippen molar-refractivity contribution < 1.29 is 0 Å². The molecule has 0 aliphatic carbocycles. The van der Waals surface area contributed by atoms with Gasteiger partial charge in [-0.15, -0.1) is 0 Å². The number of nitriles is 1. The van der Waals surface area contributed by atoms with Crippen molar-refractivity contribution in [2.45, 2.75) is 12.8 Å². The SMILES string of the molecule is CC(c1ccccc1)c1ccc(-c2ccc(-c3ccc(-c4cccc(C#N)c4)cc3)c3ccccc23)cc1. The molecule has 0 aliphatic rings. The molecule has 1 heteroatoms. The van der Waals surface area contributed by atoms with Crippen LogP contribution >= 0.6 is 0 Å². The van der Waals surface area contributed by atoms with Crippen molar-refractivity contribution in [1.29, 1.82) is 5.26 Å². The van der Waals surface area contributed by atoms with Gasteiger partial charge in [0.2, 0.25) is 0 Å². The van der Waals surface area contributed by atoms with E-state index in [2.05, 4.69) is 128 Å². The fourth-order valence-electron chi connectivity index (χ4n) is 5.30. The predicted octanol–water partition coefficient (Wildman–Crippen LogP) is 9.86. The summed E-state index contributed by atoms with van der Waals surface area (Å²) in [5.74, 6) is 0.356. The zero-order valence-electron chi connectivity index (χ0n) is 21.3. The number of rotatable bonds is 5. The molecule has 0 spiro atoms. The topological polar surface area (TPSA) is 23.8 Å². The molecule has 0 N–H and O–H groups in total. The number of benzene rings is 6. The summed E-state index contributed by atoms with van der Waals surface area (Å²) in [7, 11) is 0. The molecule has 180 valence electrons. The van der Waals surface area contributed by atoms with Gasteiger partial charge in [-0.05, 0) is 67.4 Å². The Labute approximate surface area is 224 Å².